The van der Waals surface area contributed by atoms with Crippen molar-refractivity contribution in [2.75, 3.05) is 0 Å². The minimum atomic E-state index is -4.63. The fraction of sp³-hybridized carbons (Fsp3) is 0.286. The Morgan fingerprint density at radius 1 is 1.35 bits per heavy atom. The number of hydrogen-bond donors (Lipinski definition) is 0. The molecule has 0 bridgehead atoms. The number of carbonyl (C=O) groups excluding carboxylic acids is 1. The number of halogens is 4. The second kappa shape index (κ2) is 6.84. The van der Waals surface area contributed by atoms with Gasteiger partial charge in [0.2, 0.25) is 0 Å². The van der Waals surface area contributed by atoms with E-state index in [0.29, 0.717) is 9.92 Å². The van der Waals surface area contributed by atoms with Gasteiger partial charge in [-0.3, -0.25) is 9.48 Å². The third kappa shape index (κ3) is 4.42. The topological polar surface area (TPSA) is 44.1 Å². The van der Waals surface area contributed by atoms with Crippen LogP contribution in [-0.4, -0.2) is 15.7 Å². The van der Waals surface area contributed by atoms with E-state index in [1.54, 1.807) is 24.3 Å². The average molecular weight is 365 g/mol. The molecule has 0 spiro atoms. The normalized spacial score (nSPS) is 11.6. The molecule has 0 saturated heterocycles. The number of hydrogen-bond acceptors (Lipinski definition) is 4. The van der Waals surface area contributed by atoms with Crippen LogP contribution in [0.4, 0.5) is 13.2 Å². The van der Waals surface area contributed by atoms with E-state index in [2.05, 4.69) is 5.10 Å². The van der Waals surface area contributed by atoms with Gasteiger partial charge < -0.3 is 4.74 Å². The first kappa shape index (κ1) is 17.7. The zero-order valence-electron chi connectivity index (χ0n) is 12.1. The summed E-state index contributed by atoms with van der Waals surface area (Å²) in [5, 5.41) is 4.30. The van der Waals surface area contributed by atoms with Crippen LogP contribution >= 0.6 is 23.4 Å². The molecule has 23 heavy (non-hydrogen) atoms. The van der Waals surface area contributed by atoms with E-state index in [-0.39, 0.29) is 10.6 Å². The summed E-state index contributed by atoms with van der Waals surface area (Å²) < 4.78 is 45.2. The highest BCUT2D eigenvalue weighted by Gasteiger charge is 2.39. The quantitative estimate of drug-likeness (QED) is 0.758. The lowest BCUT2D eigenvalue weighted by atomic mass is 10.2. The van der Waals surface area contributed by atoms with Crippen molar-refractivity contribution in [2.45, 2.75) is 29.6 Å². The number of aromatic nitrogens is 2. The Labute approximate surface area is 139 Å². The van der Waals surface area contributed by atoms with Crippen molar-refractivity contribution in [3.05, 3.63) is 40.5 Å². The molecule has 9 heteroatoms. The van der Waals surface area contributed by atoms with Crippen LogP contribution in [0, 0.1) is 0 Å². The van der Waals surface area contributed by atoms with Crippen molar-refractivity contribution in [3.63, 3.8) is 0 Å². The third-order valence-electron chi connectivity index (χ3n) is 2.80. The monoisotopic (exact) mass is 364 g/mol. The molecular weight excluding hydrogens is 353 g/mol. The van der Waals surface area contributed by atoms with E-state index >= 15 is 0 Å². The van der Waals surface area contributed by atoms with Gasteiger partial charge in [-0.05, 0) is 24.3 Å². The molecule has 0 fully saturated rings. The van der Waals surface area contributed by atoms with Crippen LogP contribution < -0.4 is 0 Å². The molecule has 4 nitrogen and oxygen atoms in total. The molecule has 0 aliphatic rings. The molecule has 0 aliphatic heterocycles. The number of ether oxygens (including phenoxy) is 1. The maximum atomic E-state index is 13.1. The number of carbonyl (C=O) groups is 1. The Morgan fingerprint density at radius 3 is 2.48 bits per heavy atom. The third-order valence-corrected chi connectivity index (χ3v) is 4.27. The van der Waals surface area contributed by atoms with E-state index in [1.165, 1.54) is 7.05 Å². The number of esters is 1. The van der Waals surface area contributed by atoms with Crippen LogP contribution in [-0.2, 0) is 29.4 Å². The van der Waals surface area contributed by atoms with Gasteiger partial charge in [0, 0.05) is 23.9 Å². The summed E-state index contributed by atoms with van der Waals surface area (Å²) in [4.78, 5) is 11.6. The molecule has 0 saturated carbocycles. The molecule has 1 heterocycles. The SMILES string of the molecule is CC(=O)OCc1c(C(F)(F)F)nn(C)c1Sc1ccc(Cl)cc1. The van der Waals surface area contributed by atoms with Crippen LogP contribution in [0.25, 0.3) is 0 Å². The van der Waals surface area contributed by atoms with E-state index < -0.39 is 24.4 Å². The van der Waals surface area contributed by atoms with Crippen LogP contribution in [0.15, 0.2) is 34.2 Å². The molecule has 124 valence electrons. The Balaban J connectivity index is 2.42. The first-order chi connectivity index (χ1) is 10.7. The van der Waals surface area contributed by atoms with Gasteiger partial charge in [0.25, 0.3) is 0 Å². The summed E-state index contributed by atoms with van der Waals surface area (Å²) in [6.45, 7) is 0.642. The van der Waals surface area contributed by atoms with Crippen molar-refractivity contribution in [2.24, 2.45) is 7.05 Å². The molecule has 0 aliphatic carbocycles. The fourth-order valence-electron chi connectivity index (χ4n) is 1.83. The lowest BCUT2D eigenvalue weighted by Gasteiger charge is -2.09. The highest BCUT2D eigenvalue weighted by atomic mass is 35.5. The zero-order chi connectivity index (χ0) is 17.2. The molecule has 2 rings (SSSR count). The van der Waals surface area contributed by atoms with Crippen LogP contribution in [0.5, 0.6) is 0 Å². The first-order valence-corrected chi connectivity index (χ1v) is 7.57. The largest absolute Gasteiger partial charge is 0.461 e. The van der Waals surface area contributed by atoms with Crippen LogP contribution in [0.2, 0.25) is 5.02 Å². The van der Waals surface area contributed by atoms with E-state index in [9.17, 15) is 18.0 Å². The van der Waals surface area contributed by atoms with E-state index in [4.69, 9.17) is 16.3 Å². The summed E-state index contributed by atoms with van der Waals surface area (Å²) in [5.74, 6) is -0.663. The summed E-state index contributed by atoms with van der Waals surface area (Å²) in [6.07, 6.45) is -4.63. The Morgan fingerprint density at radius 2 is 1.96 bits per heavy atom. The van der Waals surface area contributed by atoms with Crippen molar-refractivity contribution in [1.82, 2.24) is 9.78 Å². The van der Waals surface area contributed by atoms with Crippen LogP contribution in [0.1, 0.15) is 18.2 Å². The molecule has 0 unspecified atom stereocenters. The molecule has 0 atom stereocenters. The second-order valence-electron chi connectivity index (χ2n) is 4.59. The summed E-state index contributed by atoms with van der Waals surface area (Å²) in [7, 11) is 1.41. The summed E-state index contributed by atoms with van der Waals surface area (Å²) >= 11 is 6.88. The lowest BCUT2D eigenvalue weighted by Crippen LogP contribution is -2.11. The first-order valence-electron chi connectivity index (χ1n) is 6.38. The molecule has 0 amide bonds. The number of aryl methyl sites for hydroxylation is 1. The zero-order valence-corrected chi connectivity index (χ0v) is 13.7. The Kier molecular flexibility index (Phi) is 5.26. The van der Waals surface area contributed by atoms with Crippen molar-refractivity contribution < 1.29 is 22.7 Å². The van der Waals surface area contributed by atoms with Gasteiger partial charge in [-0.2, -0.15) is 18.3 Å². The fourth-order valence-corrected chi connectivity index (χ4v) is 2.90. The van der Waals surface area contributed by atoms with E-state index in [1.807, 2.05) is 0 Å². The highest BCUT2D eigenvalue weighted by Crippen LogP contribution is 2.38. The number of rotatable bonds is 4. The molecule has 1 aromatic heterocycles. The molecule has 0 N–H and O–H groups in total. The standard InChI is InChI=1S/C14H12ClF3N2O2S/c1-8(21)22-7-11-12(14(16,17)18)19-20(2)13(11)23-10-5-3-9(15)4-6-10/h3-6H,7H2,1-2H3. The number of alkyl halides is 3. The van der Waals surface area contributed by atoms with Gasteiger partial charge in [-0.15, -0.1) is 0 Å². The van der Waals surface area contributed by atoms with Crippen molar-refractivity contribution >= 4 is 29.3 Å². The predicted molar refractivity (Wildman–Crippen MR) is 79.3 cm³/mol. The van der Waals surface area contributed by atoms with Gasteiger partial charge in [0.1, 0.15) is 11.6 Å². The summed E-state index contributed by atoms with van der Waals surface area (Å²) in [6, 6.07) is 6.64. The van der Waals surface area contributed by atoms with Gasteiger partial charge in [0.05, 0.1) is 5.56 Å². The summed E-state index contributed by atoms with van der Waals surface area (Å²) in [5.41, 5.74) is -1.23. The molecule has 1 aromatic carbocycles. The van der Waals surface area contributed by atoms with Gasteiger partial charge >= 0.3 is 12.1 Å². The van der Waals surface area contributed by atoms with Gasteiger partial charge in [-0.25, -0.2) is 0 Å². The Bertz CT molecular complexity index is 714. The van der Waals surface area contributed by atoms with Gasteiger partial charge in [-0.1, -0.05) is 23.4 Å². The molecule has 0 radical (unpaired) electrons. The number of nitrogens with zero attached hydrogens (tertiary/aromatic N) is 2. The minimum Gasteiger partial charge on any atom is -0.461 e. The van der Waals surface area contributed by atoms with Crippen molar-refractivity contribution in [3.8, 4) is 0 Å². The minimum absolute atomic E-state index is 0.171. The Hall–Kier alpha value is -1.67. The van der Waals surface area contributed by atoms with Crippen LogP contribution in [0.3, 0.4) is 0 Å². The predicted octanol–water partition coefficient (Wildman–Crippen LogP) is 4.31. The maximum absolute atomic E-state index is 13.1. The molecular formula is C14H12ClF3N2O2S. The maximum Gasteiger partial charge on any atom is 0.435 e. The number of benzene rings is 1. The molecule has 2 aromatic rings. The highest BCUT2D eigenvalue weighted by molar-refractivity contribution is 7.99. The van der Waals surface area contributed by atoms with Crippen molar-refractivity contribution in [1.29, 1.82) is 0 Å². The average Bonchev–Trinajstić information content (AvgIpc) is 2.76. The lowest BCUT2D eigenvalue weighted by molar-refractivity contribution is -0.147. The second-order valence-corrected chi connectivity index (χ2v) is 6.09. The van der Waals surface area contributed by atoms with Gasteiger partial charge in [0.15, 0.2) is 5.69 Å². The van der Waals surface area contributed by atoms with E-state index in [0.717, 1.165) is 23.4 Å². The smallest absolute Gasteiger partial charge is 0.435 e.